The highest BCUT2D eigenvalue weighted by Crippen LogP contribution is 2.19. The van der Waals surface area contributed by atoms with Crippen LogP contribution in [0.5, 0.6) is 0 Å². The van der Waals surface area contributed by atoms with Crippen molar-refractivity contribution in [1.82, 2.24) is 9.78 Å². The number of aromatic nitrogens is 2. The summed E-state index contributed by atoms with van der Waals surface area (Å²) >= 11 is 3.41. The van der Waals surface area contributed by atoms with Gasteiger partial charge in [-0.1, -0.05) is 28.1 Å². The molecule has 1 aromatic carbocycles. The fraction of sp³-hybridized carbons (Fsp3) is 0.182. The van der Waals surface area contributed by atoms with Crippen molar-refractivity contribution in [3.8, 4) is 11.3 Å². The maximum atomic E-state index is 5.46. The molecule has 0 fully saturated rings. The molecule has 15 heavy (non-hydrogen) atoms. The Labute approximate surface area is 97.0 Å². The molecule has 78 valence electrons. The fourth-order valence-electron chi connectivity index (χ4n) is 1.39. The summed E-state index contributed by atoms with van der Waals surface area (Å²) in [4.78, 5) is 0. The van der Waals surface area contributed by atoms with Gasteiger partial charge in [-0.05, 0) is 18.2 Å². The third-order valence-electron chi connectivity index (χ3n) is 2.14. The van der Waals surface area contributed by atoms with Gasteiger partial charge in [-0.15, -0.1) is 0 Å². The van der Waals surface area contributed by atoms with E-state index in [0.29, 0.717) is 6.54 Å². The Kier molecular flexibility index (Phi) is 3.18. The molecule has 0 saturated carbocycles. The lowest BCUT2D eigenvalue weighted by Crippen LogP contribution is -2.09. The lowest BCUT2D eigenvalue weighted by molar-refractivity contribution is 0.627. The van der Waals surface area contributed by atoms with Crippen LogP contribution in [0.4, 0.5) is 0 Å². The Morgan fingerprint density at radius 2 is 1.93 bits per heavy atom. The average Bonchev–Trinajstić information content (AvgIpc) is 2.68. The molecular formula is C11H12BrN3. The van der Waals surface area contributed by atoms with Gasteiger partial charge in [0.2, 0.25) is 0 Å². The second-order valence-electron chi connectivity index (χ2n) is 3.26. The second kappa shape index (κ2) is 4.59. The zero-order chi connectivity index (χ0) is 10.7. The molecule has 1 heterocycles. The maximum absolute atomic E-state index is 5.46. The molecule has 0 spiro atoms. The van der Waals surface area contributed by atoms with Crippen LogP contribution in [-0.2, 0) is 6.54 Å². The first-order valence-corrected chi connectivity index (χ1v) is 5.58. The fourth-order valence-corrected chi connectivity index (χ4v) is 1.66. The van der Waals surface area contributed by atoms with Gasteiger partial charge in [-0.3, -0.25) is 4.68 Å². The predicted octanol–water partition coefficient (Wildman–Crippen LogP) is 2.27. The maximum Gasteiger partial charge on any atom is 0.0923 e. The van der Waals surface area contributed by atoms with Gasteiger partial charge in [0.05, 0.1) is 12.2 Å². The van der Waals surface area contributed by atoms with Gasteiger partial charge in [-0.25, -0.2) is 0 Å². The summed E-state index contributed by atoms with van der Waals surface area (Å²) in [5.74, 6) is 0. The summed E-state index contributed by atoms with van der Waals surface area (Å²) in [5.41, 5.74) is 7.56. The predicted molar refractivity (Wildman–Crippen MR) is 64.4 cm³/mol. The normalized spacial score (nSPS) is 10.5. The Morgan fingerprint density at radius 1 is 1.20 bits per heavy atom. The summed E-state index contributed by atoms with van der Waals surface area (Å²) in [7, 11) is 0. The van der Waals surface area contributed by atoms with Gasteiger partial charge >= 0.3 is 0 Å². The van der Waals surface area contributed by atoms with Crippen LogP contribution in [0.2, 0.25) is 0 Å². The Bertz CT molecular complexity index is 433. The lowest BCUT2D eigenvalue weighted by Gasteiger charge is -1.98. The van der Waals surface area contributed by atoms with Gasteiger partial charge in [0.1, 0.15) is 0 Å². The van der Waals surface area contributed by atoms with Crippen LogP contribution in [0.15, 0.2) is 41.0 Å². The van der Waals surface area contributed by atoms with Gasteiger partial charge in [-0.2, -0.15) is 5.10 Å². The van der Waals surface area contributed by atoms with E-state index in [1.165, 1.54) is 0 Å². The number of nitrogens with zero attached hydrogens (tertiary/aromatic N) is 2. The van der Waals surface area contributed by atoms with E-state index in [0.717, 1.165) is 22.3 Å². The standard InChI is InChI=1S/C11H12BrN3/c12-10-3-1-9(2-4-10)11-5-7-15(14-11)8-6-13/h1-5,7H,6,8,13H2. The van der Waals surface area contributed by atoms with Gasteiger partial charge in [0, 0.05) is 22.8 Å². The molecule has 3 nitrogen and oxygen atoms in total. The molecule has 0 bridgehead atoms. The van der Waals surface area contributed by atoms with E-state index in [1.54, 1.807) is 0 Å². The van der Waals surface area contributed by atoms with Crippen molar-refractivity contribution in [3.05, 3.63) is 41.0 Å². The van der Waals surface area contributed by atoms with Crippen LogP contribution in [0.25, 0.3) is 11.3 Å². The Hall–Kier alpha value is -1.13. The van der Waals surface area contributed by atoms with Crippen LogP contribution in [0.1, 0.15) is 0 Å². The number of nitrogens with two attached hydrogens (primary N) is 1. The minimum Gasteiger partial charge on any atom is -0.329 e. The molecule has 0 aliphatic carbocycles. The van der Waals surface area contributed by atoms with Crippen molar-refractivity contribution >= 4 is 15.9 Å². The highest BCUT2D eigenvalue weighted by atomic mass is 79.9. The first-order valence-electron chi connectivity index (χ1n) is 4.79. The molecule has 0 radical (unpaired) electrons. The molecule has 0 aliphatic rings. The lowest BCUT2D eigenvalue weighted by atomic mass is 10.2. The van der Waals surface area contributed by atoms with Crippen molar-refractivity contribution in [2.24, 2.45) is 5.73 Å². The summed E-state index contributed by atoms with van der Waals surface area (Å²) in [6.45, 7) is 1.37. The first-order chi connectivity index (χ1) is 7.29. The number of hydrogen-bond acceptors (Lipinski definition) is 2. The summed E-state index contributed by atoms with van der Waals surface area (Å²) in [6, 6.07) is 10.1. The number of rotatable bonds is 3. The van der Waals surface area contributed by atoms with Crippen molar-refractivity contribution < 1.29 is 0 Å². The zero-order valence-corrected chi connectivity index (χ0v) is 9.81. The first kappa shape index (κ1) is 10.4. The van der Waals surface area contributed by atoms with E-state index in [9.17, 15) is 0 Å². The van der Waals surface area contributed by atoms with Gasteiger partial charge in [0.15, 0.2) is 0 Å². The Morgan fingerprint density at radius 3 is 2.60 bits per heavy atom. The molecule has 0 unspecified atom stereocenters. The molecule has 1 aromatic heterocycles. The average molecular weight is 266 g/mol. The van der Waals surface area contributed by atoms with E-state index in [-0.39, 0.29) is 0 Å². The summed E-state index contributed by atoms with van der Waals surface area (Å²) in [6.07, 6.45) is 1.95. The van der Waals surface area contributed by atoms with Crippen molar-refractivity contribution in [2.75, 3.05) is 6.54 Å². The molecular weight excluding hydrogens is 254 g/mol. The van der Waals surface area contributed by atoms with E-state index in [2.05, 4.69) is 21.0 Å². The third-order valence-corrected chi connectivity index (χ3v) is 2.67. The van der Waals surface area contributed by atoms with E-state index < -0.39 is 0 Å². The molecule has 2 aromatic rings. The van der Waals surface area contributed by atoms with Crippen LogP contribution in [0.3, 0.4) is 0 Å². The van der Waals surface area contributed by atoms with Crippen LogP contribution < -0.4 is 5.73 Å². The van der Waals surface area contributed by atoms with E-state index in [1.807, 2.05) is 41.2 Å². The third kappa shape index (κ3) is 2.46. The molecule has 4 heteroatoms. The molecule has 0 saturated heterocycles. The molecule has 0 aliphatic heterocycles. The highest BCUT2D eigenvalue weighted by molar-refractivity contribution is 9.10. The number of benzene rings is 1. The minimum absolute atomic E-state index is 0.613. The van der Waals surface area contributed by atoms with Gasteiger partial charge in [0.25, 0.3) is 0 Å². The van der Waals surface area contributed by atoms with Crippen molar-refractivity contribution in [3.63, 3.8) is 0 Å². The molecule has 0 atom stereocenters. The van der Waals surface area contributed by atoms with E-state index in [4.69, 9.17) is 5.73 Å². The van der Waals surface area contributed by atoms with E-state index >= 15 is 0 Å². The van der Waals surface area contributed by atoms with Gasteiger partial charge < -0.3 is 5.73 Å². The van der Waals surface area contributed by atoms with Crippen LogP contribution in [-0.4, -0.2) is 16.3 Å². The second-order valence-corrected chi connectivity index (χ2v) is 4.18. The quantitative estimate of drug-likeness (QED) is 0.926. The molecule has 0 amide bonds. The zero-order valence-electron chi connectivity index (χ0n) is 8.23. The summed E-state index contributed by atoms with van der Waals surface area (Å²) in [5, 5.41) is 4.42. The molecule has 2 N–H and O–H groups in total. The topological polar surface area (TPSA) is 43.8 Å². The Balaban J connectivity index is 2.25. The highest BCUT2D eigenvalue weighted by Gasteiger charge is 2.01. The minimum atomic E-state index is 0.613. The number of halogens is 1. The SMILES string of the molecule is NCCn1ccc(-c2ccc(Br)cc2)n1. The van der Waals surface area contributed by atoms with Crippen LogP contribution in [0, 0.1) is 0 Å². The largest absolute Gasteiger partial charge is 0.329 e. The monoisotopic (exact) mass is 265 g/mol. The van der Waals surface area contributed by atoms with Crippen LogP contribution >= 0.6 is 15.9 Å². The van der Waals surface area contributed by atoms with Crippen molar-refractivity contribution in [2.45, 2.75) is 6.54 Å². The molecule has 2 rings (SSSR count). The number of hydrogen-bond donors (Lipinski definition) is 1. The smallest absolute Gasteiger partial charge is 0.0923 e. The van der Waals surface area contributed by atoms with Crippen molar-refractivity contribution in [1.29, 1.82) is 0 Å². The summed E-state index contributed by atoms with van der Waals surface area (Å²) < 4.78 is 2.94.